The van der Waals surface area contributed by atoms with E-state index in [1.807, 2.05) is 24.3 Å². The number of hydrogen-bond acceptors (Lipinski definition) is 2. The summed E-state index contributed by atoms with van der Waals surface area (Å²) in [4.78, 5) is 0. The first-order valence-electron chi connectivity index (χ1n) is 6.49. The van der Waals surface area contributed by atoms with E-state index in [2.05, 4.69) is 26.0 Å². The highest BCUT2D eigenvalue weighted by Crippen LogP contribution is 2.19. The lowest BCUT2D eigenvalue weighted by Gasteiger charge is -2.03. The molecule has 0 saturated heterocycles. The number of allylic oxidation sites excluding steroid dienone is 2. The van der Waals surface area contributed by atoms with E-state index in [9.17, 15) is 10.2 Å². The van der Waals surface area contributed by atoms with Crippen molar-refractivity contribution < 1.29 is 10.2 Å². The minimum Gasteiger partial charge on any atom is -0.508 e. The van der Waals surface area contributed by atoms with Crippen LogP contribution in [-0.2, 0) is 0 Å². The fourth-order valence-electron chi connectivity index (χ4n) is 1.87. The van der Waals surface area contributed by atoms with Crippen LogP contribution < -0.4 is 0 Å². The third-order valence-corrected chi connectivity index (χ3v) is 3.17. The van der Waals surface area contributed by atoms with Crippen LogP contribution >= 0.6 is 0 Å². The zero-order valence-corrected chi connectivity index (χ0v) is 11.7. The molecule has 2 rings (SSSR count). The second kappa shape index (κ2) is 6.11. The Balaban J connectivity index is 2.21. The zero-order chi connectivity index (χ0) is 14.5. The van der Waals surface area contributed by atoms with Gasteiger partial charge in [-0.15, -0.1) is 0 Å². The molecule has 0 aliphatic heterocycles. The number of hydrogen-bond donors (Lipinski definition) is 2. The average Bonchev–Trinajstić information content (AvgIpc) is 2.44. The summed E-state index contributed by atoms with van der Waals surface area (Å²) < 4.78 is 0. The van der Waals surface area contributed by atoms with Gasteiger partial charge in [0.1, 0.15) is 11.5 Å². The lowest BCUT2D eigenvalue weighted by molar-refractivity contribution is 0.474. The van der Waals surface area contributed by atoms with Gasteiger partial charge in [0.15, 0.2) is 0 Å². The molecule has 0 bridgehead atoms. The van der Waals surface area contributed by atoms with Gasteiger partial charge in [-0.3, -0.25) is 0 Å². The number of phenolic OH excluding ortho intramolecular Hbond substituents is 2. The van der Waals surface area contributed by atoms with E-state index in [-0.39, 0.29) is 11.5 Å². The third-order valence-electron chi connectivity index (χ3n) is 3.17. The summed E-state index contributed by atoms with van der Waals surface area (Å²) in [7, 11) is 0. The second-order valence-corrected chi connectivity index (χ2v) is 4.84. The quantitative estimate of drug-likeness (QED) is 0.797. The molecular formula is C18H18O2. The molecule has 0 aromatic heterocycles. The smallest absolute Gasteiger partial charge is 0.115 e. The lowest BCUT2D eigenvalue weighted by atomic mass is 10.0. The molecule has 102 valence electrons. The van der Waals surface area contributed by atoms with Crippen molar-refractivity contribution in [1.82, 2.24) is 0 Å². The van der Waals surface area contributed by atoms with E-state index in [4.69, 9.17) is 0 Å². The number of aromatic hydroxyl groups is 2. The summed E-state index contributed by atoms with van der Waals surface area (Å²) in [6, 6.07) is 14.2. The summed E-state index contributed by atoms with van der Waals surface area (Å²) in [6.45, 7) is 4.11. The van der Waals surface area contributed by atoms with E-state index in [1.165, 1.54) is 0 Å². The van der Waals surface area contributed by atoms with Crippen LogP contribution in [0.4, 0.5) is 0 Å². The Morgan fingerprint density at radius 3 is 1.25 bits per heavy atom. The third kappa shape index (κ3) is 3.75. The fraction of sp³-hybridized carbons (Fsp3) is 0.111. The van der Waals surface area contributed by atoms with Crippen molar-refractivity contribution in [2.75, 3.05) is 0 Å². The molecule has 2 aromatic rings. The molecule has 0 saturated carbocycles. The Kier molecular flexibility index (Phi) is 4.26. The molecule has 2 aromatic carbocycles. The summed E-state index contributed by atoms with van der Waals surface area (Å²) >= 11 is 0. The van der Waals surface area contributed by atoms with Crippen LogP contribution in [0.5, 0.6) is 11.5 Å². The Labute approximate surface area is 119 Å². The molecule has 2 nitrogen and oxygen atoms in total. The summed E-state index contributed by atoms with van der Waals surface area (Å²) in [6.07, 6.45) is 4.15. The summed E-state index contributed by atoms with van der Waals surface area (Å²) in [5.74, 6) is 0.548. The van der Waals surface area contributed by atoms with E-state index in [0.29, 0.717) is 0 Å². The minimum absolute atomic E-state index is 0.274. The predicted octanol–water partition coefficient (Wildman–Crippen LogP) is 4.60. The summed E-state index contributed by atoms with van der Waals surface area (Å²) in [5.41, 5.74) is 4.42. The normalized spacial score (nSPS) is 12.5. The first-order valence-corrected chi connectivity index (χ1v) is 6.49. The topological polar surface area (TPSA) is 40.5 Å². The van der Waals surface area contributed by atoms with Gasteiger partial charge in [-0.05, 0) is 60.4 Å². The molecule has 0 spiro atoms. The molecule has 2 N–H and O–H groups in total. The number of phenols is 2. The molecule has 0 amide bonds. The largest absolute Gasteiger partial charge is 0.508 e. The first kappa shape index (κ1) is 13.9. The van der Waals surface area contributed by atoms with Gasteiger partial charge < -0.3 is 10.2 Å². The number of benzene rings is 2. The van der Waals surface area contributed by atoms with Crippen LogP contribution in [0.25, 0.3) is 12.2 Å². The maximum atomic E-state index is 9.26. The molecule has 0 atom stereocenters. The molecule has 0 fully saturated rings. The molecule has 0 unspecified atom stereocenters. The average molecular weight is 266 g/mol. The first-order chi connectivity index (χ1) is 9.54. The van der Waals surface area contributed by atoms with Gasteiger partial charge >= 0.3 is 0 Å². The van der Waals surface area contributed by atoms with Crippen molar-refractivity contribution in [3.05, 3.63) is 70.8 Å². The number of rotatable bonds is 3. The Morgan fingerprint density at radius 1 is 0.650 bits per heavy atom. The van der Waals surface area contributed by atoms with Gasteiger partial charge in [0.2, 0.25) is 0 Å². The van der Waals surface area contributed by atoms with Gasteiger partial charge in [-0.1, -0.05) is 36.4 Å². The van der Waals surface area contributed by atoms with Crippen molar-refractivity contribution in [2.45, 2.75) is 13.8 Å². The fourth-order valence-corrected chi connectivity index (χ4v) is 1.87. The van der Waals surface area contributed by atoms with Crippen molar-refractivity contribution in [3.8, 4) is 11.5 Å². The van der Waals surface area contributed by atoms with Crippen molar-refractivity contribution in [3.63, 3.8) is 0 Å². The zero-order valence-electron chi connectivity index (χ0n) is 11.7. The SMILES string of the molecule is CC(=C/c1ccc(O)cc1)/C(C)=C/c1ccc(O)cc1. The second-order valence-electron chi connectivity index (χ2n) is 4.84. The Morgan fingerprint density at radius 2 is 0.950 bits per heavy atom. The van der Waals surface area contributed by atoms with Crippen molar-refractivity contribution in [1.29, 1.82) is 0 Å². The summed E-state index contributed by atoms with van der Waals surface area (Å²) in [5, 5.41) is 18.5. The molecule has 0 aliphatic carbocycles. The molecule has 0 aliphatic rings. The highest BCUT2D eigenvalue weighted by Gasteiger charge is 1.97. The van der Waals surface area contributed by atoms with Crippen molar-refractivity contribution >= 4 is 12.2 Å². The van der Waals surface area contributed by atoms with Crippen LogP contribution in [0.2, 0.25) is 0 Å². The van der Waals surface area contributed by atoms with E-state index in [0.717, 1.165) is 22.3 Å². The maximum absolute atomic E-state index is 9.26. The van der Waals surface area contributed by atoms with E-state index in [1.54, 1.807) is 24.3 Å². The van der Waals surface area contributed by atoms with Crippen LogP contribution in [0.1, 0.15) is 25.0 Å². The standard InChI is InChI=1S/C18H18O2/c1-13(11-15-3-7-17(19)8-4-15)14(2)12-16-5-9-18(20)10-6-16/h3-12,19-20H,1-2H3/b13-11-,14-12+. The van der Waals surface area contributed by atoms with Gasteiger partial charge in [0, 0.05) is 0 Å². The molecular weight excluding hydrogens is 248 g/mol. The molecule has 0 heterocycles. The lowest BCUT2D eigenvalue weighted by Crippen LogP contribution is -1.81. The predicted molar refractivity (Wildman–Crippen MR) is 83.5 cm³/mol. The van der Waals surface area contributed by atoms with Crippen LogP contribution in [0, 0.1) is 0 Å². The van der Waals surface area contributed by atoms with Gasteiger partial charge in [-0.25, -0.2) is 0 Å². The monoisotopic (exact) mass is 266 g/mol. The Hall–Kier alpha value is -2.48. The molecule has 0 radical (unpaired) electrons. The van der Waals surface area contributed by atoms with Gasteiger partial charge in [0.05, 0.1) is 0 Å². The van der Waals surface area contributed by atoms with Crippen LogP contribution in [0.3, 0.4) is 0 Å². The van der Waals surface area contributed by atoms with Crippen LogP contribution in [0.15, 0.2) is 59.7 Å². The van der Waals surface area contributed by atoms with E-state index >= 15 is 0 Å². The highest BCUT2D eigenvalue weighted by molar-refractivity contribution is 5.65. The minimum atomic E-state index is 0.274. The molecule has 20 heavy (non-hydrogen) atoms. The Bertz CT molecular complexity index is 573. The highest BCUT2D eigenvalue weighted by atomic mass is 16.3. The molecule has 2 heteroatoms. The van der Waals surface area contributed by atoms with Crippen LogP contribution in [-0.4, -0.2) is 10.2 Å². The van der Waals surface area contributed by atoms with Gasteiger partial charge in [-0.2, -0.15) is 0 Å². The van der Waals surface area contributed by atoms with E-state index < -0.39 is 0 Å². The maximum Gasteiger partial charge on any atom is 0.115 e. The van der Waals surface area contributed by atoms with Crippen molar-refractivity contribution in [2.24, 2.45) is 0 Å². The van der Waals surface area contributed by atoms with Gasteiger partial charge in [0.25, 0.3) is 0 Å².